The second kappa shape index (κ2) is 7.38. The lowest BCUT2D eigenvalue weighted by Gasteiger charge is -2.33. The average Bonchev–Trinajstić information content (AvgIpc) is 2.40. The Morgan fingerprint density at radius 2 is 2.00 bits per heavy atom. The van der Waals surface area contributed by atoms with Crippen LogP contribution in [0.1, 0.15) is 42.5 Å². The van der Waals surface area contributed by atoms with E-state index in [9.17, 15) is 9.18 Å². The first-order valence-electron chi connectivity index (χ1n) is 6.52. The van der Waals surface area contributed by atoms with Crippen molar-refractivity contribution < 1.29 is 9.18 Å². The molecule has 0 atom stereocenters. The maximum Gasteiger partial charge on any atom is 0.252 e. The summed E-state index contributed by atoms with van der Waals surface area (Å²) in [5.74, 6) is -0.713. The lowest BCUT2D eigenvalue weighted by Crippen LogP contribution is -2.51. The van der Waals surface area contributed by atoms with Crippen molar-refractivity contribution in [3.8, 4) is 0 Å². The molecule has 0 bridgehead atoms. The number of halogens is 3. The van der Waals surface area contributed by atoms with Crippen LogP contribution in [0.4, 0.5) is 4.39 Å². The van der Waals surface area contributed by atoms with Crippen molar-refractivity contribution >= 4 is 34.2 Å². The van der Waals surface area contributed by atoms with Gasteiger partial charge in [-0.05, 0) is 47.0 Å². The largest absolute Gasteiger partial charge is 0.350 e. The van der Waals surface area contributed by atoms with Crippen LogP contribution in [-0.4, -0.2) is 18.0 Å². The van der Waals surface area contributed by atoms with E-state index in [0.29, 0.717) is 16.6 Å². The highest BCUT2D eigenvalue weighted by atomic mass is 79.9. The Labute approximate surface area is 133 Å². The summed E-state index contributed by atoms with van der Waals surface area (Å²) < 4.78 is 13.7. The molecule has 3 nitrogen and oxygen atoms in total. The molecule has 0 radical (unpaired) electrons. The Morgan fingerprint density at radius 1 is 1.35 bits per heavy atom. The van der Waals surface area contributed by atoms with Gasteiger partial charge in [0.1, 0.15) is 5.82 Å². The number of hydrogen-bond donors (Lipinski definition) is 2. The fourth-order valence-corrected chi connectivity index (χ4v) is 2.88. The monoisotopic (exact) mass is 364 g/mol. The Hall–Kier alpha value is -0.650. The zero-order valence-corrected chi connectivity index (χ0v) is 13.5. The minimum Gasteiger partial charge on any atom is -0.350 e. The Morgan fingerprint density at radius 3 is 2.65 bits per heavy atom. The summed E-state index contributed by atoms with van der Waals surface area (Å²) in [7, 11) is 0. The van der Waals surface area contributed by atoms with Crippen molar-refractivity contribution in [1.82, 2.24) is 5.32 Å². The topological polar surface area (TPSA) is 55.1 Å². The number of benzene rings is 1. The summed E-state index contributed by atoms with van der Waals surface area (Å²) in [5.41, 5.74) is 6.25. The summed E-state index contributed by atoms with van der Waals surface area (Å²) in [6, 6.07) is 4.07. The number of nitrogens with two attached hydrogens (primary N) is 1. The third-order valence-corrected chi connectivity index (χ3v) is 4.31. The van der Waals surface area contributed by atoms with Gasteiger partial charge in [-0.3, -0.25) is 4.79 Å². The summed E-state index contributed by atoms with van der Waals surface area (Å²) >= 11 is 3.25. The van der Waals surface area contributed by atoms with Crippen molar-refractivity contribution in [2.45, 2.75) is 37.6 Å². The Bertz CT molecular complexity index is 478. The van der Waals surface area contributed by atoms with Gasteiger partial charge in [-0.25, -0.2) is 4.39 Å². The van der Waals surface area contributed by atoms with Crippen LogP contribution in [0.25, 0.3) is 0 Å². The quantitative estimate of drug-likeness (QED) is 0.862. The molecule has 0 aliphatic heterocycles. The number of carbonyl (C=O) groups is 1. The lowest BCUT2D eigenvalue weighted by molar-refractivity contribution is 0.0936. The van der Waals surface area contributed by atoms with Crippen LogP contribution in [0.5, 0.6) is 0 Å². The summed E-state index contributed by atoms with van der Waals surface area (Å²) in [4.78, 5) is 12.0. The van der Waals surface area contributed by atoms with Gasteiger partial charge < -0.3 is 11.1 Å². The number of nitrogens with one attached hydrogen (secondary N) is 1. The molecule has 1 amide bonds. The van der Waals surface area contributed by atoms with Crippen LogP contribution in [-0.2, 0) is 0 Å². The predicted octanol–water partition coefficient (Wildman–Crippen LogP) is 3.40. The molecular weight excluding hydrogens is 347 g/mol. The number of carbonyl (C=O) groups excluding carboxylic acids is 1. The molecule has 20 heavy (non-hydrogen) atoms. The van der Waals surface area contributed by atoms with E-state index < -0.39 is 5.82 Å². The molecule has 1 fully saturated rings. The molecule has 0 unspecified atom stereocenters. The van der Waals surface area contributed by atoms with Gasteiger partial charge in [-0.1, -0.05) is 19.3 Å². The van der Waals surface area contributed by atoms with Gasteiger partial charge in [0, 0.05) is 16.6 Å². The zero-order chi connectivity index (χ0) is 13.9. The van der Waals surface area contributed by atoms with Crippen molar-refractivity contribution in [3.63, 3.8) is 0 Å². The Balaban J connectivity index is 0.00000200. The molecule has 1 aliphatic rings. The standard InChI is InChI=1S/C14H18BrFN2O.ClH/c15-12-5-4-10(16)8-11(12)13(19)18-9-14(17)6-2-1-3-7-14;/h4-5,8H,1-3,6-7,9,17H2,(H,18,19);1H. The van der Waals surface area contributed by atoms with Crippen LogP contribution in [0, 0.1) is 5.82 Å². The van der Waals surface area contributed by atoms with E-state index in [4.69, 9.17) is 5.73 Å². The molecule has 1 aromatic carbocycles. The van der Waals surface area contributed by atoms with Crippen molar-refractivity contribution in [1.29, 1.82) is 0 Å². The van der Waals surface area contributed by atoms with Crippen molar-refractivity contribution in [2.24, 2.45) is 5.73 Å². The maximum absolute atomic E-state index is 13.2. The molecule has 0 spiro atoms. The Kier molecular flexibility index (Phi) is 6.43. The minimum absolute atomic E-state index is 0. The van der Waals surface area contributed by atoms with Crippen LogP contribution in [0.3, 0.4) is 0 Å². The van der Waals surface area contributed by atoms with E-state index in [-0.39, 0.29) is 23.9 Å². The van der Waals surface area contributed by atoms with Gasteiger partial charge in [0.15, 0.2) is 0 Å². The first-order valence-corrected chi connectivity index (χ1v) is 7.32. The van der Waals surface area contributed by atoms with E-state index in [0.717, 1.165) is 25.7 Å². The van der Waals surface area contributed by atoms with Crippen LogP contribution in [0.2, 0.25) is 0 Å². The van der Waals surface area contributed by atoms with E-state index in [1.807, 2.05) is 0 Å². The minimum atomic E-state index is -0.423. The third-order valence-electron chi connectivity index (χ3n) is 3.62. The van der Waals surface area contributed by atoms with Gasteiger partial charge in [0.05, 0.1) is 5.56 Å². The molecule has 6 heteroatoms. The van der Waals surface area contributed by atoms with Gasteiger partial charge in [0.25, 0.3) is 5.91 Å². The smallest absolute Gasteiger partial charge is 0.252 e. The zero-order valence-electron chi connectivity index (χ0n) is 11.1. The van der Waals surface area contributed by atoms with Gasteiger partial charge in [-0.15, -0.1) is 12.4 Å². The fourth-order valence-electron chi connectivity index (χ4n) is 2.46. The van der Waals surface area contributed by atoms with Gasteiger partial charge in [0.2, 0.25) is 0 Å². The normalized spacial score (nSPS) is 17.1. The number of amides is 1. The van der Waals surface area contributed by atoms with E-state index >= 15 is 0 Å². The summed E-state index contributed by atoms with van der Waals surface area (Å²) in [6.45, 7) is 0.439. The lowest BCUT2D eigenvalue weighted by atomic mass is 9.82. The van der Waals surface area contributed by atoms with Crippen molar-refractivity contribution in [2.75, 3.05) is 6.54 Å². The maximum atomic E-state index is 13.2. The van der Waals surface area contributed by atoms with E-state index in [1.165, 1.54) is 24.6 Å². The van der Waals surface area contributed by atoms with E-state index in [1.54, 1.807) is 0 Å². The summed E-state index contributed by atoms with van der Waals surface area (Å²) in [6.07, 6.45) is 5.28. The van der Waals surface area contributed by atoms with Gasteiger partial charge in [-0.2, -0.15) is 0 Å². The highest BCUT2D eigenvalue weighted by Gasteiger charge is 2.28. The molecule has 0 heterocycles. The molecule has 3 N–H and O–H groups in total. The second-order valence-electron chi connectivity index (χ2n) is 5.23. The third kappa shape index (κ3) is 4.43. The molecule has 0 saturated heterocycles. The highest BCUT2D eigenvalue weighted by molar-refractivity contribution is 9.10. The SMILES string of the molecule is Cl.NC1(CNC(=O)c2cc(F)ccc2Br)CCCCC1. The van der Waals surface area contributed by atoms with Crippen molar-refractivity contribution in [3.05, 3.63) is 34.1 Å². The molecule has 1 aliphatic carbocycles. The second-order valence-corrected chi connectivity index (χ2v) is 6.08. The molecule has 1 saturated carbocycles. The first-order chi connectivity index (χ1) is 9.00. The van der Waals surface area contributed by atoms with Gasteiger partial charge >= 0.3 is 0 Å². The number of hydrogen-bond acceptors (Lipinski definition) is 2. The number of rotatable bonds is 3. The molecular formula is C14H19BrClFN2O. The predicted molar refractivity (Wildman–Crippen MR) is 83.7 cm³/mol. The fraction of sp³-hybridized carbons (Fsp3) is 0.500. The molecule has 1 aromatic rings. The first kappa shape index (κ1) is 17.4. The highest BCUT2D eigenvalue weighted by Crippen LogP contribution is 2.25. The molecule has 2 rings (SSSR count). The molecule has 112 valence electrons. The van der Waals surface area contributed by atoms with Crippen LogP contribution >= 0.6 is 28.3 Å². The molecule has 0 aromatic heterocycles. The average molecular weight is 366 g/mol. The summed E-state index contributed by atoms with van der Waals surface area (Å²) in [5, 5.41) is 2.82. The van der Waals surface area contributed by atoms with E-state index in [2.05, 4.69) is 21.2 Å². The van der Waals surface area contributed by atoms with Crippen LogP contribution < -0.4 is 11.1 Å². The van der Waals surface area contributed by atoms with Crippen LogP contribution in [0.15, 0.2) is 22.7 Å².